The third kappa shape index (κ3) is 5.03. The van der Waals surface area contributed by atoms with Gasteiger partial charge in [0.1, 0.15) is 6.11 Å². The van der Waals surface area contributed by atoms with Gasteiger partial charge in [-0.2, -0.15) is 0 Å². The van der Waals surface area contributed by atoms with Crippen LogP contribution in [0.3, 0.4) is 0 Å². The Morgan fingerprint density at radius 2 is 2.38 bits per heavy atom. The fraction of sp³-hybridized carbons (Fsp3) is 0.500. The molecule has 0 rings (SSSR count). The molecule has 0 bridgehead atoms. The van der Waals surface area contributed by atoms with E-state index >= 15 is 0 Å². The number of carbonyl (C=O) groups excluding carboxylic acids is 1. The van der Waals surface area contributed by atoms with Crippen LogP contribution < -0.4 is 0 Å². The Kier molecular flexibility index (Phi) is 3.69. The van der Waals surface area contributed by atoms with E-state index in [4.69, 9.17) is 0 Å². The number of hydrogen-bond donors (Lipinski definition) is 0. The van der Waals surface area contributed by atoms with Gasteiger partial charge in [-0.15, -0.1) is 0 Å². The smallest absolute Gasteiger partial charge is 0.205 e. The Labute approximate surface area is 48.8 Å². The van der Waals surface area contributed by atoms with Crippen molar-refractivity contribution in [2.24, 2.45) is 0 Å². The Balaban J connectivity index is 3.35. The van der Waals surface area contributed by atoms with E-state index in [1.165, 1.54) is 6.92 Å². The highest BCUT2D eigenvalue weighted by atomic mass is 16.5. The average molecular weight is 112 g/mol. The van der Waals surface area contributed by atoms with E-state index in [2.05, 4.69) is 16.8 Å². The fourth-order valence-electron chi connectivity index (χ4n) is 0.180. The summed E-state index contributed by atoms with van der Waals surface area (Å²) in [5.41, 5.74) is 0. The first-order valence-corrected chi connectivity index (χ1v) is 2.40. The number of carbonyl (C=O) groups is 1. The highest BCUT2D eigenvalue weighted by molar-refractivity contribution is 5.92. The summed E-state index contributed by atoms with van der Waals surface area (Å²) in [5, 5.41) is 0. The lowest BCUT2D eigenvalue weighted by Crippen LogP contribution is -1.83. The van der Waals surface area contributed by atoms with Gasteiger partial charge in [0.05, 0.1) is 6.61 Å². The number of ether oxygens (including phenoxy) is 1. The Morgan fingerprint density at radius 3 is 2.75 bits per heavy atom. The van der Waals surface area contributed by atoms with Crippen molar-refractivity contribution in [3.05, 3.63) is 0 Å². The van der Waals surface area contributed by atoms with Crippen LogP contribution in [0.25, 0.3) is 0 Å². The summed E-state index contributed by atoms with van der Waals surface area (Å²) in [5.74, 6) is 2.07. The summed E-state index contributed by atoms with van der Waals surface area (Å²) >= 11 is 0. The van der Waals surface area contributed by atoms with Gasteiger partial charge in [0.25, 0.3) is 0 Å². The lowest BCUT2D eigenvalue weighted by atomic mass is 10.5. The van der Waals surface area contributed by atoms with Gasteiger partial charge in [0.2, 0.25) is 5.78 Å². The van der Waals surface area contributed by atoms with Crippen molar-refractivity contribution >= 4 is 5.78 Å². The molecule has 8 heavy (non-hydrogen) atoms. The van der Waals surface area contributed by atoms with Gasteiger partial charge in [-0.3, -0.25) is 4.79 Å². The molecule has 0 aromatic rings. The molecule has 0 aromatic heterocycles. The van der Waals surface area contributed by atoms with Crippen molar-refractivity contribution < 1.29 is 9.53 Å². The summed E-state index contributed by atoms with van der Waals surface area (Å²) in [4.78, 5) is 10.1. The molecule has 0 radical (unpaired) electrons. The Morgan fingerprint density at radius 1 is 1.75 bits per heavy atom. The molecule has 0 spiro atoms. The van der Waals surface area contributed by atoms with Crippen LogP contribution in [0.2, 0.25) is 0 Å². The number of ketones is 1. The van der Waals surface area contributed by atoms with Crippen LogP contribution in [0.1, 0.15) is 13.8 Å². The molecule has 0 heterocycles. The first kappa shape index (κ1) is 7.03. The molecule has 0 aromatic carbocycles. The van der Waals surface area contributed by atoms with Crippen molar-refractivity contribution in [1.82, 2.24) is 0 Å². The van der Waals surface area contributed by atoms with Crippen molar-refractivity contribution in [3.8, 4) is 12.0 Å². The predicted molar refractivity (Wildman–Crippen MR) is 30.1 cm³/mol. The van der Waals surface area contributed by atoms with E-state index in [1.807, 2.05) is 6.92 Å². The van der Waals surface area contributed by atoms with Crippen LogP contribution in [0.15, 0.2) is 0 Å². The largest absolute Gasteiger partial charge is 0.447 e. The summed E-state index contributed by atoms with van der Waals surface area (Å²) < 4.78 is 4.56. The molecule has 0 atom stereocenters. The standard InChI is InChI=1S/C6H8O2/c1-3-8-5-4-6(2)7/h3H2,1-2H3. The van der Waals surface area contributed by atoms with E-state index in [-0.39, 0.29) is 5.78 Å². The maximum absolute atomic E-state index is 10.1. The molecular weight excluding hydrogens is 104 g/mol. The van der Waals surface area contributed by atoms with Crippen molar-refractivity contribution in [2.45, 2.75) is 13.8 Å². The monoisotopic (exact) mass is 112 g/mol. The molecule has 0 aliphatic rings. The average Bonchev–Trinajstić information content (AvgIpc) is 1.66. The van der Waals surface area contributed by atoms with Crippen LogP contribution in [0, 0.1) is 12.0 Å². The fourth-order valence-corrected chi connectivity index (χ4v) is 0.180. The SMILES string of the molecule is CCOC#CC(C)=O. The van der Waals surface area contributed by atoms with Crippen molar-refractivity contribution in [2.75, 3.05) is 6.61 Å². The van der Waals surface area contributed by atoms with E-state index in [0.717, 1.165) is 0 Å². The van der Waals surface area contributed by atoms with E-state index in [1.54, 1.807) is 0 Å². The molecule has 0 amide bonds. The lowest BCUT2D eigenvalue weighted by molar-refractivity contribution is -0.111. The maximum atomic E-state index is 10.1. The second-order valence-corrected chi connectivity index (χ2v) is 1.22. The topological polar surface area (TPSA) is 26.3 Å². The molecule has 0 saturated heterocycles. The molecule has 0 N–H and O–H groups in total. The molecular formula is C6H8O2. The summed E-state index contributed by atoms with van der Waals surface area (Å²) in [6, 6.07) is 0. The van der Waals surface area contributed by atoms with Gasteiger partial charge < -0.3 is 4.74 Å². The quantitative estimate of drug-likeness (QED) is 0.463. The molecule has 0 saturated carbocycles. The van der Waals surface area contributed by atoms with Crippen LogP contribution in [0.4, 0.5) is 0 Å². The molecule has 2 nitrogen and oxygen atoms in total. The van der Waals surface area contributed by atoms with Crippen LogP contribution in [-0.2, 0) is 9.53 Å². The minimum atomic E-state index is -0.168. The van der Waals surface area contributed by atoms with Crippen molar-refractivity contribution in [3.63, 3.8) is 0 Å². The highest BCUT2D eigenvalue weighted by Gasteiger charge is 1.76. The van der Waals surface area contributed by atoms with E-state index in [0.29, 0.717) is 6.61 Å². The van der Waals surface area contributed by atoms with Crippen molar-refractivity contribution in [1.29, 1.82) is 0 Å². The van der Waals surface area contributed by atoms with Crippen LogP contribution in [-0.4, -0.2) is 12.4 Å². The first-order chi connectivity index (χ1) is 3.77. The molecule has 2 heteroatoms. The molecule has 0 unspecified atom stereocenters. The minimum absolute atomic E-state index is 0.168. The van der Waals surface area contributed by atoms with Gasteiger partial charge >= 0.3 is 0 Å². The van der Waals surface area contributed by atoms with E-state index < -0.39 is 0 Å². The highest BCUT2D eigenvalue weighted by Crippen LogP contribution is 1.66. The van der Waals surface area contributed by atoms with Gasteiger partial charge in [0, 0.05) is 12.8 Å². The van der Waals surface area contributed by atoms with E-state index in [9.17, 15) is 4.79 Å². The van der Waals surface area contributed by atoms with Crippen LogP contribution >= 0.6 is 0 Å². The number of Topliss-reactive ketones (excluding diaryl/α,β-unsaturated/α-hetero) is 1. The zero-order chi connectivity index (χ0) is 6.41. The first-order valence-electron chi connectivity index (χ1n) is 2.40. The minimum Gasteiger partial charge on any atom is -0.447 e. The normalized spacial score (nSPS) is 6.75. The second kappa shape index (κ2) is 4.20. The summed E-state index contributed by atoms with van der Waals surface area (Å²) in [6.45, 7) is 3.74. The zero-order valence-corrected chi connectivity index (χ0v) is 5.02. The molecule has 0 aliphatic carbocycles. The number of rotatable bonds is 1. The summed E-state index contributed by atoms with van der Waals surface area (Å²) in [6.07, 6.45) is 2.23. The zero-order valence-electron chi connectivity index (χ0n) is 5.02. The molecule has 44 valence electrons. The molecule has 0 aliphatic heterocycles. The van der Waals surface area contributed by atoms with Gasteiger partial charge in [-0.05, 0) is 6.92 Å². The Hall–Kier alpha value is -0.970. The third-order valence-electron chi connectivity index (χ3n) is 0.444. The predicted octanol–water partition coefficient (Wildman–Crippen LogP) is 0.573. The lowest BCUT2D eigenvalue weighted by Gasteiger charge is -1.82. The maximum Gasteiger partial charge on any atom is 0.205 e. The Bertz CT molecular complexity index is 127. The van der Waals surface area contributed by atoms with Gasteiger partial charge in [-0.1, -0.05) is 0 Å². The van der Waals surface area contributed by atoms with Crippen LogP contribution in [0.5, 0.6) is 0 Å². The van der Waals surface area contributed by atoms with Gasteiger partial charge in [-0.25, -0.2) is 0 Å². The third-order valence-corrected chi connectivity index (χ3v) is 0.444. The number of hydrogen-bond acceptors (Lipinski definition) is 2. The molecule has 0 fully saturated rings. The van der Waals surface area contributed by atoms with Gasteiger partial charge in [0.15, 0.2) is 0 Å². The second-order valence-electron chi connectivity index (χ2n) is 1.22. The summed E-state index contributed by atoms with van der Waals surface area (Å²) in [7, 11) is 0.